The van der Waals surface area contributed by atoms with E-state index in [4.69, 9.17) is 19.9 Å². The van der Waals surface area contributed by atoms with Crippen molar-refractivity contribution in [3.63, 3.8) is 0 Å². The van der Waals surface area contributed by atoms with E-state index in [0.29, 0.717) is 46.1 Å². The number of pyridine rings is 1. The van der Waals surface area contributed by atoms with Crippen LogP contribution >= 0.6 is 0 Å². The van der Waals surface area contributed by atoms with Gasteiger partial charge in [0.25, 0.3) is 0 Å². The van der Waals surface area contributed by atoms with Gasteiger partial charge in [-0.2, -0.15) is 10.1 Å². The average Bonchev–Trinajstić information content (AvgIpc) is 3.13. The third kappa shape index (κ3) is 4.10. The average molecular weight is 447 g/mol. The Balaban J connectivity index is 1.71. The molecule has 170 valence electrons. The second kappa shape index (κ2) is 9.03. The summed E-state index contributed by atoms with van der Waals surface area (Å²) in [5.41, 5.74) is 10.3. The highest BCUT2D eigenvalue weighted by atomic mass is 16.5. The number of aryl methyl sites for hydroxylation is 1. The summed E-state index contributed by atoms with van der Waals surface area (Å²) < 4.78 is 17.9. The van der Waals surface area contributed by atoms with Gasteiger partial charge in [-0.3, -0.25) is 0 Å². The molecule has 0 radical (unpaired) electrons. The number of nitrogens with two attached hydrogens (primary N) is 1. The SMILES string of the molecule is COc1cc(Nc2ncc(-c3c(C)c(C)nn3-c3ccccn3)c(N)n2)cc(OC)c1OC. The summed E-state index contributed by atoms with van der Waals surface area (Å²) in [4.78, 5) is 13.3. The number of nitrogens with one attached hydrogen (secondary N) is 1. The monoisotopic (exact) mass is 447 g/mol. The van der Waals surface area contributed by atoms with Gasteiger partial charge in [0, 0.05) is 30.2 Å². The molecule has 0 aliphatic heterocycles. The number of anilines is 3. The Morgan fingerprint density at radius 3 is 2.27 bits per heavy atom. The predicted octanol–water partition coefficient (Wildman–Crippen LogP) is 3.69. The number of hydrogen-bond acceptors (Lipinski definition) is 9. The van der Waals surface area contributed by atoms with Crippen molar-refractivity contribution >= 4 is 17.5 Å². The van der Waals surface area contributed by atoms with Crippen LogP contribution < -0.4 is 25.3 Å². The van der Waals surface area contributed by atoms with Gasteiger partial charge in [0.2, 0.25) is 11.7 Å². The van der Waals surface area contributed by atoms with Crippen LogP contribution in [-0.2, 0) is 0 Å². The molecule has 10 nitrogen and oxygen atoms in total. The first-order valence-electron chi connectivity index (χ1n) is 10.1. The molecule has 0 saturated carbocycles. The van der Waals surface area contributed by atoms with Gasteiger partial charge in [0.05, 0.1) is 38.3 Å². The van der Waals surface area contributed by atoms with Gasteiger partial charge in [-0.25, -0.2) is 14.6 Å². The molecule has 3 N–H and O–H groups in total. The van der Waals surface area contributed by atoms with Crippen LogP contribution in [0.25, 0.3) is 17.1 Å². The summed E-state index contributed by atoms with van der Waals surface area (Å²) >= 11 is 0. The maximum absolute atomic E-state index is 6.37. The van der Waals surface area contributed by atoms with E-state index in [9.17, 15) is 0 Å². The molecule has 33 heavy (non-hydrogen) atoms. The van der Waals surface area contributed by atoms with Crippen molar-refractivity contribution in [1.82, 2.24) is 24.7 Å². The Kier molecular flexibility index (Phi) is 5.99. The van der Waals surface area contributed by atoms with Crippen LogP contribution in [0.4, 0.5) is 17.5 Å². The molecule has 0 aliphatic rings. The molecule has 0 fully saturated rings. The number of nitrogens with zero attached hydrogens (tertiary/aromatic N) is 5. The van der Waals surface area contributed by atoms with E-state index in [0.717, 1.165) is 17.0 Å². The lowest BCUT2D eigenvalue weighted by atomic mass is 10.1. The molecule has 3 heterocycles. The van der Waals surface area contributed by atoms with E-state index >= 15 is 0 Å². The molecule has 3 aromatic heterocycles. The molecule has 1 aromatic carbocycles. The molecular formula is C23H25N7O3. The molecule has 0 bridgehead atoms. The Morgan fingerprint density at radius 2 is 1.70 bits per heavy atom. The lowest BCUT2D eigenvalue weighted by Crippen LogP contribution is -2.07. The number of ether oxygens (including phenoxy) is 3. The molecule has 10 heteroatoms. The van der Waals surface area contributed by atoms with Crippen molar-refractivity contribution in [3.8, 4) is 34.3 Å². The molecular weight excluding hydrogens is 422 g/mol. The highest BCUT2D eigenvalue weighted by Gasteiger charge is 2.20. The predicted molar refractivity (Wildman–Crippen MR) is 126 cm³/mol. The lowest BCUT2D eigenvalue weighted by Gasteiger charge is -2.15. The van der Waals surface area contributed by atoms with Gasteiger partial charge < -0.3 is 25.3 Å². The van der Waals surface area contributed by atoms with E-state index in [1.807, 2.05) is 32.0 Å². The number of benzene rings is 1. The Labute approximate surface area is 191 Å². The molecule has 0 saturated heterocycles. The van der Waals surface area contributed by atoms with Gasteiger partial charge in [-0.1, -0.05) is 6.07 Å². The first-order valence-corrected chi connectivity index (χ1v) is 10.1. The van der Waals surface area contributed by atoms with Crippen LogP contribution in [0.3, 0.4) is 0 Å². The summed E-state index contributed by atoms with van der Waals surface area (Å²) in [6, 6.07) is 9.17. The molecule has 4 rings (SSSR count). The van der Waals surface area contributed by atoms with E-state index in [1.165, 1.54) is 0 Å². The maximum atomic E-state index is 6.37. The van der Waals surface area contributed by atoms with Crippen LogP contribution in [0.2, 0.25) is 0 Å². The fourth-order valence-corrected chi connectivity index (χ4v) is 3.49. The van der Waals surface area contributed by atoms with Crippen molar-refractivity contribution in [3.05, 3.63) is 54.0 Å². The van der Waals surface area contributed by atoms with Crippen molar-refractivity contribution in [1.29, 1.82) is 0 Å². The van der Waals surface area contributed by atoms with Crippen LogP contribution in [-0.4, -0.2) is 46.1 Å². The normalized spacial score (nSPS) is 10.7. The van der Waals surface area contributed by atoms with Gasteiger partial charge in [0.15, 0.2) is 17.3 Å². The minimum absolute atomic E-state index is 0.306. The molecule has 0 amide bonds. The second-order valence-electron chi connectivity index (χ2n) is 7.19. The lowest BCUT2D eigenvalue weighted by molar-refractivity contribution is 0.324. The summed E-state index contributed by atoms with van der Waals surface area (Å²) in [5, 5.41) is 7.77. The quantitative estimate of drug-likeness (QED) is 0.437. The number of hydrogen-bond donors (Lipinski definition) is 2. The Morgan fingerprint density at radius 1 is 0.970 bits per heavy atom. The number of methoxy groups -OCH3 is 3. The van der Waals surface area contributed by atoms with Crippen LogP contribution in [0.5, 0.6) is 17.2 Å². The third-order valence-corrected chi connectivity index (χ3v) is 5.22. The smallest absolute Gasteiger partial charge is 0.229 e. The number of nitrogen functional groups attached to an aromatic ring is 1. The van der Waals surface area contributed by atoms with Crippen molar-refractivity contribution < 1.29 is 14.2 Å². The van der Waals surface area contributed by atoms with E-state index < -0.39 is 0 Å². The minimum atomic E-state index is 0.306. The van der Waals surface area contributed by atoms with E-state index in [-0.39, 0.29) is 0 Å². The third-order valence-electron chi connectivity index (χ3n) is 5.22. The Hall–Kier alpha value is -4.34. The van der Waals surface area contributed by atoms with Crippen molar-refractivity contribution in [2.75, 3.05) is 32.4 Å². The molecule has 4 aromatic rings. The Bertz CT molecular complexity index is 1260. The minimum Gasteiger partial charge on any atom is -0.493 e. The van der Waals surface area contributed by atoms with Gasteiger partial charge >= 0.3 is 0 Å². The maximum Gasteiger partial charge on any atom is 0.229 e. The first kappa shape index (κ1) is 21.9. The largest absolute Gasteiger partial charge is 0.493 e. The summed E-state index contributed by atoms with van der Waals surface area (Å²) in [5.74, 6) is 2.82. The van der Waals surface area contributed by atoms with Crippen LogP contribution in [0.1, 0.15) is 11.3 Å². The fourth-order valence-electron chi connectivity index (χ4n) is 3.49. The van der Waals surface area contributed by atoms with Gasteiger partial charge in [0.1, 0.15) is 5.82 Å². The van der Waals surface area contributed by atoms with E-state index in [2.05, 4.69) is 25.4 Å². The molecule has 0 spiro atoms. The standard InChI is InChI=1S/C23H25N7O3/c1-13-14(2)29-30(19-8-6-7-9-25-19)20(13)16-12-26-23(28-22(16)24)27-15-10-17(31-3)21(33-5)18(11-15)32-4/h6-12H,1-5H3,(H3,24,26,27,28). The topological polar surface area (TPSA) is 122 Å². The van der Waals surface area contributed by atoms with Crippen molar-refractivity contribution in [2.24, 2.45) is 0 Å². The highest BCUT2D eigenvalue weighted by molar-refractivity contribution is 5.76. The number of rotatable bonds is 7. The van der Waals surface area contributed by atoms with Gasteiger partial charge in [-0.15, -0.1) is 0 Å². The first-order chi connectivity index (χ1) is 16.0. The summed E-state index contributed by atoms with van der Waals surface area (Å²) in [6.45, 7) is 3.92. The zero-order valence-corrected chi connectivity index (χ0v) is 19.1. The molecule has 0 aliphatic carbocycles. The second-order valence-corrected chi connectivity index (χ2v) is 7.19. The highest BCUT2D eigenvalue weighted by Crippen LogP contribution is 2.40. The molecule has 0 unspecified atom stereocenters. The van der Waals surface area contributed by atoms with Crippen LogP contribution in [0, 0.1) is 13.8 Å². The zero-order valence-electron chi connectivity index (χ0n) is 19.1. The molecule has 0 atom stereocenters. The fraction of sp³-hybridized carbons (Fsp3) is 0.217. The van der Waals surface area contributed by atoms with E-state index in [1.54, 1.807) is 50.5 Å². The van der Waals surface area contributed by atoms with Gasteiger partial charge in [-0.05, 0) is 31.5 Å². The summed E-state index contributed by atoms with van der Waals surface area (Å²) in [7, 11) is 4.66. The zero-order chi connectivity index (χ0) is 23.5. The van der Waals surface area contributed by atoms with Crippen LogP contribution in [0.15, 0.2) is 42.7 Å². The summed E-state index contributed by atoms with van der Waals surface area (Å²) in [6.07, 6.45) is 3.39. The van der Waals surface area contributed by atoms with Crippen molar-refractivity contribution in [2.45, 2.75) is 13.8 Å². The number of aromatic nitrogens is 5.